The molecule has 1 aliphatic heterocycles. The van der Waals surface area contributed by atoms with Crippen molar-refractivity contribution in [3.05, 3.63) is 47.0 Å². The predicted octanol–water partition coefficient (Wildman–Crippen LogP) is 2.58. The summed E-state index contributed by atoms with van der Waals surface area (Å²) in [5.74, 6) is 1.28. The minimum absolute atomic E-state index is 0. The van der Waals surface area contributed by atoms with Gasteiger partial charge in [-0.2, -0.15) is 0 Å². The maximum Gasteiger partial charge on any atom is 0.223 e. The third-order valence-corrected chi connectivity index (χ3v) is 6.01. The van der Waals surface area contributed by atoms with Crippen LogP contribution in [0.15, 0.2) is 40.7 Å². The van der Waals surface area contributed by atoms with Gasteiger partial charge in [-0.1, -0.05) is 30.3 Å². The standard InChI is InChI=1S/C21H30N6OS.HI/c1-22-20(24-13-18-15-29-21(25-18)26(2)3)23-12-17-11-19(28)27(14-17)10-9-16-7-5-4-6-8-16;/h4-8,15,17H,9-14H2,1-3H3,(H2,22,23,24);1H. The Kier molecular flexibility index (Phi) is 9.83. The summed E-state index contributed by atoms with van der Waals surface area (Å²) < 4.78 is 0. The van der Waals surface area contributed by atoms with Gasteiger partial charge < -0.3 is 20.4 Å². The Morgan fingerprint density at radius 1 is 1.30 bits per heavy atom. The molecule has 9 heteroatoms. The Morgan fingerprint density at radius 2 is 2.07 bits per heavy atom. The van der Waals surface area contributed by atoms with Gasteiger partial charge in [0.25, 0.3) is 0 Å². The van der Waals surface area contributed by atoms with Crippen molar-refractivity contribution in [2.75, 3.05) is 45.7 Å². The summed E-state index contributed by atoms with van der Waals surface area (Å²) in [4.78, 5) is 25.2. The van der Waals surface area contributed by atoms with Crippen LogP contribution in [0.3, 0.4) is 0 Å². The second kappa shape index (κ2) is 12.1. The number of aromatic nitrogens is 1. The van der Waals surface area contributed by atoms with E-state index in [-0.39, 0.29) is 29.9 Å². The molecule has 1 fully saturated rings. The Morgan fingerprint density at radius 3 is 2.73 bits per heavy atom. The van der Waals surface area contributed by atoms with Crippen LogP contribution >= 0.6 is 35.3 Å². The normalized spacial score (nSPS) is 16.4. The summed E-state index contributed by atoms with van der Waals surface area (Å²) >= 11 is 1.63. The van der Waals surface area contributed by atoms with Crippen molar-refractivity contribution >= 4 is 52.3 Å². The number of nitrogens with one attached hydrogen (secondary N) is 2. The zero-order chi connectivity index (χ0) is 20.6. The number of anilines is 1. The van der Waals surface area contributed by atoms with Crippen molar-refractivity contribution in [3.63, 3.8) is 0 Å². The quantitative estimate of drug-likeness (QED) is 0.305. The van der Waals surface area contributed by atoms with E-state index in [4.69, 9.17) is 0 Å². The maximum absolute atomic E-state index is 12.3. The van der Waals surface area contributed by atoms with Gasteiger partial charge in [0.2, 0.25) is 5.91 Å². The molecule has 1 aromatic carbocycles. The van der Waals surface area contributed by atoms with E-state index in [2.05, 4.69) is 38.1 Å². The summed E-state index contributed by atoms with van der Waals surface area (Å²) in [7, 11) is 5.73. The van der Waals surface area contributed by atoms with Gasteiger partial charge in [-0.15, -0.1) is 35.3 Å². The Bertz CT molecular complexity index is 826. The van der Waals surface area contributed by atoms with Crippen LogP contribution in [0.4, 0.5) is 5.13 Å². The zero-order valence-corrected chi connectivity index (χ0v) is 20.9. The highest BCUT2D eigenvalue weighted by Crippen LogP contribution is 2.18. The first-order valence-electron chi connectivity index (χ1n) is 9.93. The van der Waals surface area contributed by atoms with Crippen LogP contribution in [0.1, 0.15) is 17.7 Å². The van der Waals surface area contributed by atoms with E-state index in [0.717, 1.165) is 42.8 Å². The minimum Gasteiger partial charge on any atom is -0.356 e. The first-order valence-corrected chi connectivity index (χ1v) is 10.8. The Balaban J connectivity index is 0.00000320. The van der Waals surface area contributed by atoms with Crippen LogP contribution in [0.25, 0.3) is 0 Å². The number of thiazole rings is 1. The molecule has 1 aliphatic rings. The van der Waals surface area contributed by atoms with Crippen molar-refractivity contribution in [2.24, 2.45) is 10.9 Å². The molecule has 2 aromatic rings. The number of guanidine groups is 1. The first-order chi connectivity index (χ1) is 14.0. The molecule has 3 rings (SSSR count). The lowest BCUT2D eigenvalue weighted by Gasteiger charge is -2.17. The van der Waals surface area contributed by atoms with Crippen molar-refractivity contribution in [2.45, 2.75) is 19.4 Å². The zero-order valence-electron chi connectivity index (χ0n) is 17.8. The molecule has 2 heterocycles. The molecule has 0 saturated carbocycles. The number of hydrogen-bond acceptors (Lipinski definition) is 5. The molecule has 2 N–H and O–H groups in total. The molecule has 0 bridgehead atoms. The van der Waals surface area contributed by atoms with E-state index >= 15 is 0 Å². The van der Waals surface area contributed by atoms with Crippen LogP contribution < -0.4 is 15.5 Å². The van der Waals surface area contributed by atoms with E-state index in [1.165, 1.54) is 5.56 Å². The second-order valence-electron chi connectivity index (χ2n) is 7.47. The summed E-state index contributed by atoms with van der Waals surface area (Å²) in [6.07, 6.45) is 1.50. The number of hydrogen-bond donors (Lipinski definition) is 2. The van der Waals surface area contributed by atoms with Crippen LogP contribution in [0.5, 0.6) is 0 Å². The summed E-state index contributed by atoms with van der Waals surface area (Å²) in [5.41, 5.74) is 2.26. The lowest BCUT2D eigenvalue weighted by molar-refractivity contribution is -0.127. The first kappa shape index (κ1) is 24.4. The van der Waals surface area contributed by atoms with Gasteiger partial charge in [-0.05, 0) is 12.0 Å². The number of likely N-dealkylation sites (tertiary alicyclic amines) is 1. The van der Waals surface area contributed by atoms with Crippen molar-refractivity contribution in [1.82, 2.24) is 20.5 Å². The molecular weight excluding hydrogens is 511 g/mol. The fourth-order valence-electron chi connectivity index (χ4n) is 3.33. The van der Waals surface area contributed by atoms with E-state index in [0.29, 0.717) is 18.9 Å². The topological polar surface area (TPSA) is 72.9 Å². The molecular formula is C21H31IN6OS. The smallest absolute Gasteiger partial charge is 0.223 e. The van der Waals surface area contributed by atoms with Gasteiger partial charge in [0.1, 0.15) is 0 Å². The molecule has 7 nitrogen and oxygen atoms in total. The monoisotopic (exact) mass is 542 g/mol. The number of halogens is 1. The van der Waals surface area contributed by atoms with Gasteiger partial charge in [-0.3, -0.25) is 9.79 Å². The van der Waals surface area contributed by atoms with Gasteiger partial charge in [-0.25, -0.2) is 4.98 Å². The highest BCUT2D eigenvalue weighted by Gasteiger charge is 2.29. The largest absolute Gasteiger partial charge is 0.356 e. The number of amides is 1. The van der Waals surface area contributed by atoms with Crippen molar-refractivity contribution < 1.29 is 4.79 Å². The molecule has 1 amide bonds. The third-order valence-electron chi connectivity index (χ3n) is 4.95. The molecule has 164 valence electrons. The number of carbonyl (C=O) groups is 1. The van der Waals surface area contributed by atoms with E-state index in [1.54, 1.807) is 18.4 Å². The number of rotatable bonds is 8. The average molecular weight is 542 g/mol. The minimum atomic E-state index is 0. The molecule has 1 unspecified atom stereocenters. The van der Waals surface area contributed by atoms with Crippen LogP contribution in [0.2, 0.25) is 0 Å². The number of carbonyl (C=O) groups excluding carboxylic acids is 1. The van der Waals surface area contributed by atoms with Gasteiger partial charge in [0.15, 0.2) is 11.1 Å². The van der Waals surface area contributed by atoms with Gasteiger partial charge in [0, 0.05) is 58.5 Å². The highest BCUT2D eigenvalue weighted by molar-refractivity contribution is 14.0. The molecule has 1 aromatic heterocycles. The maximum atomic E-state index is 12.3. The van der Waals surface area contributed by atoms with E-state index < -0.39 is 0 Å². The lowest BCUT2D eigenvalue weighted by Crippen LogP contribution is -2.40. The summed E-state index contributed by atoms with van der Waals surface area (Å²) in [6.45, 7) is 2.93. The van der Waals surface area contributed by atoms with E-state index in [1.807, 2.05) is 42.1 Å². The molecule has 0 radical (unpaired) electrons. The number of benzene rings is 1. The Hall–Kier alpha value is -1.88. The van der Waals surface area contributed by atoms with Gasteiger partial charge in [0.05, 0.1) is 12.2 Å². The number of aliphatic imine (C=N–C) groups is 1. The number of nitrogens with zero attached hydrogens (tertiary/aromatic N) is 4. The van der Waals surface area contributed by atoms with Crippen molar-refractivity contribution in [3.8, 4) is 0 Å². The molecule has 0 spiro atoms. The highest BCUT2D eigenvalue weighted by atomic mass is 127. The van der Waals surface area contributed by atoms with Crippen LogP contribution in [-0.2, 0) is 17.8 Å². The molecule has 0 aliphatic carbocycles. The third kappa shape index (κ3) is 7.12. The lowest BCUT2D eigenvalue weighted by atomic mass is 10.1. The average Bonchev–Trinajstić information content (AvgIpc) is 3.34. The van der Waals surface area contributed by atoms with Gasteiger partial charge >= 0.3 is 0 Å². The fourth-order valence-corrected chi connectivity index (χ4v) is 4.09. The predicted molar refractivity (Wildman–Crippen MR) is 135 cm³/mol. The van der Waals surface area contributed by atoms with Crippen LogP contribution in [0, 0.1) is 5.92 Å². The Labute approximate surface area is 200 Å². The second-order valence-corrected chi connectivity index (χ2v) is 8.30. The molecule has 30 heavy (non-hydrogen) atoms. The molecule has 1 saturated heterocycles. The van der Waals surface area contributed by atoms with Crippen LogP contribution in [-0.4, -0.2) is 62.5 Å². The van der Waals surface area contributed by atoms with E-state index in [9.17, 15) is 4.79 Å². The van der Waals surface area contributed by atoms with Crippen molar-refractivity contribution in [1.29, 1.82) is 0 Å². The SMILES string of the molecule is CN=C(NCc1csc(N(C)C)n1)NCC1CC(=O)N(CCc2ccccc2)C1.I. The molecule has 1 atom stereocenters. The summed E-state index contributed by atoms with van der Waals surface area (Å²) in [6, 6.07) is 10.3. The fraction of sp³-hybridized carbons (Fsp3) is 0.476. The summed E-state index contributed by atoms with van der Waals surface area (Å²) in [5, 5.41) is 9.69.